The molecule has 0 aromatic heterocycles. The Balaban J connectivity index is 1.99. The Labute approximate surface area is 226 Å². The van der Waals surface area contributed by atoms with Crippen LogP contribution >= 0.6 is 0 Å². The van der Waals surface area contributed by atoms with Crippen molar-refractivity contribution in [3.63, 3.8) is 0 Å². The van der Waals surface area contributed by atoms with Gasteiger partial charge in [0, 0.05) is 26.7 Å². The molecule has 1 atom stereocenters. The second-order valence-corrected chi connectivity index (χ2v) is 16.4. The first kappa shape index (κ1) is 31.4. The second-order valence-electron chi connectivity index (χ2n) is 10.8. The molecule has 1 aromatic carbocycles. The number of carbonyl (C=O) groups is 3. The van der Waals surface area contributed by atoms with Gasteiger partial charge < -0.3 is 19.5 Å². The first-order valence-electron chi connectivity index (χ1n) is 13.3. The highest BCUT2D eigenvalue weighted by Gasteiger charge is 2.40. The maximum absolute atomic E-state index is 13.1. The molecule has 1 N–H and O–H groups in total. The molecule has 0 unspecified atom stereocenters. The van der Waals surface area contributed by atoms with Gasteiger partial charge in [0.1, 0.15) is 5.82 Å². The highest BCUT2D eigenvalue weighted by Crippen LogP contribution is 2.32. The van der Waals surface area contributed by atoms with Crippen LogP contribution in [-0.4, -0.2) is 51.8 Å². The predicted octanol–water partition coefficient (Wildman–Crippen LogP) is 6.11. The van der Waals surface area contributed by atoms with Crippen LogP contribution in [0.3, 0.4) is 0 Å². The number of halogens is 1. The number of amides is 1. The first-order valence-corrected chi connectivity index (χ1v) is 17.0. The number of ketones is 1. The van der Waals surface area contributed by atoms with E-state index in [9.17, 15) is 18.8 Å². The van der Waals surface area contributed by atoms with Crippen molar-refractivity contribution < 1.29 is 33.0 Å². The fourth-order valence-corrected chi connectivity index (χ4v) is 4.83. The SMILES string of the molecule is COC(=O)CCCCC/C=C1\C(=O)C=C[C@@]1(CCCOCc1ccc(F)cc1)NC(=O)OCC[Si](C)(C)C. The fraction of sp³-hybridized carbons (Fsp3) is 0.552. The first-order chi connectivity index (χ1) is 18.0. The maximum Gasteiger partial charge on any atom is 0.408 e. The molecule has 1 aromatic rings. The van der Waals surface area contributed by atoms with Crippen molar-refractivity contribution in [1.29, 1.82) is 0 Å². The van der Waals surface area contributed by atoms with E-state index < -0.39 is 19.7 Å². The van der Waals surface area contributed by atoms with E-state index >= 15 is 0 Å². The smallest absolute Gasteiger partial charge is 0.408 e. The molecule has 2 rings (SSSR count). The van der Waals surface area contributed by atoms with Crippen molar-refractivity contribution in [2.24, 2.45) is 0 Å². The van der Waals surface area contributed by atoms with Gasteiger partial charge >= 0.3 is 12.1 Å². The summed E-state index contributed by atoms with van der Waals surface area (Å²) in [5.41, 5.74) is 0.443. The van der Waals surface area contributed by atoms with E-state index in [1.54, 1.807) is 18.2 Å². The minimum atomic E-state index is -1.36. The van der Waals surface area contributed by atoms with Gasteiger partial charge in [-0.25, -0.2) is 9.18 Å². The summed E-state index contributed by atoms with van der Waals surface area (Å²) in [6.07, 6.45) is 9.05. The molecule has 0 heterocycles. The molecule has 0 saturated heterocycles. The van der Waals surface area contributed by atoms with Gasteiger partial charge in [0.25, 0.3) is 0 Å². The van der Waals surface area contributed by atoms with E-state index in [1.165, 1.54) is 25.3 Å². The van der Waals surface area contributed by atoms with Crippen LogP contribution in [-0.2, 0) is 30.4 Å². The molecule has 0 fully saturated rings. The molecule has 7 nitrogen and oxygen atoms in total. The Kier molecular flexibility index (Phi) is 12.9. The number of methoxy groups -OCH3 is 1. The molecule has 0 saturated carbocycles. The molecule has 9 heteroatoms. The summed E-state index contributed by atoms with van der Waals surface area (Å²) in [6, 6.07) is 7.01. The Morgan fingerprint density at radius 1 is 1.05 bits per heavy atom. The molecule has 0 radical (unpaired) electrons. The number of ether oxygens (including phenoxy) is 3. The van der Waals surface area contributed by atoms with Gasteiger partial charge in [-0.05, 0) is 61.9 Å². The standard InChI is InChI=1S/C29H42FNO6Si/c1-35-27(33)11-8-6-5-7-10-25-26(32)16-18-29(25,31-28(34)37-20-21-38(2,3)4)17-9-19-36-22-23-12-14-24(30)15-13-23/h10,12-16,18H,5-9,11,17,19-22H2,1-4H3,(H,31,34)/b25-10+/t29-/m1/s1. The van der Waals surface area contributed by atoms with Crippen molar-refractivity contribution in [3.05, 3.63) is 59.4 Å². The van der Waals surface area contributed by atoms with Crippen LogP contribution in [0.4, 0.5) is 9.18 Å². The lowest BCUT2D eigenvalue weighted by molar-refractivity contribution is -0.140. The van der Waals surface area contributed by atoms with Crippen LogP contribution in [0, 0.1) is 5.82 Å². The van der Waals surface area contributed by atoms with Crippen LogP contribution in [0.1, 0.15) is 50.5 Å². The highest BCUT2D eigenvalue weighted by molar-refractivity contribution is 6.76. The summed E-state index contributed by atoms with van der Waals surface area (Å²) in [5, 5.41) is 2.97. The largest absolute Gasteiger partial charge is 0.469 e. The van der Waals surface area contributed by atoms with E-state index in [4.69, 9.17) is 9.47 Å². The minimum absolute atomic E-state index is 0.130. The summed E-state index contributed by atoms with van der Waals surface area (Å²) in [7, 11) is 0.0148. The Bertz CT molecular complexity index is 986. The zero-order valence-corrected chi connectivity index (χ0v) is 24.1. The van der Waals surface area contributed by atoms with E-state index in [-0.39, 0.29) is 17.6 Å². The number of unbranched alkanes of at least 4 members (excludes halogenated alkanes) is 3. The third-order valence-corrected chi connectivity index (χ3v) is 8.08. The molecular weight excluding hydrogens is 505 g/mol. The van der Waals surface area contributed by atoms with Gasteiger partial charge in [-0.3, -0.25) is 9.59 Å². The summed E-state index contributed by atoms with van der Waals surface area (Å²) >= 11 is 0. The fourth-order valence-electron chi connectivity index (χ4n) is 4.12. The number of alkyl carbamates (subject to hydrolysis) is 1. The summed E-state index contributed by atoms with van der Waals surface area (Å²) < 4.78 is 29.0. The number of hydrogen-bond acceptors (Lipinski definition) is 6. The number of nitrogens with one attached hydrogen (secondary N) is 1. The van der Waals surface area contributed by atoms with Crippen molar-refractivity contribution >= 4 is 25.9 Å². The zero-order valence-electron chi connectivity index (χ0n) is 23.1. The Hall–Kier alpha value is -2.78. The van der Waals surface area contributed by atoms with Gasteiger partial charge in [-0.15, -0.1) is 0 Å². The normalized spacial score (nSPS) is 18.1. The summed E-state index contributed by atoms with van der Waals surface area (Å²) in [6.45, 7) is 7.75. The molecule has 38 heavy (non-hydrogen) atoms. The zero-order chi connectivity index (χ0) is 28.0. The van der Waals surface area contributed by atoms with Gasteiger partial charge in [-0.1, -0.05) is 50.3 Å². The van der Waals surface area contributed by atoms with Gasteiger partial charge in [0.05, 0.1) is 25.9 Å². The average molecular weight is 548 g/mol. The van der Waals surface area contributed by atoms with E-state index in [1.807, 2.05) is 6.08 Å². The van der Waals surface area contributed by atoms with Crippen molar-refractivity contribution in [2.45, 2.75) is 82.8 Å². The van der Waals surface area contributed by atoms with Gasteiger partial charge in [0.15, 0.2) is 5.78 Å². The van der Waals surface area contributed by atoms with Crippen LogP contribution in [0.25, 0.3) is 0 Å². The Morgan fingerprint density at radius 2 is 1.79 bits per heavy atom. The van der Waals surface area contributed by atoms with Crippen molar-refractivity contribution in [2.75, 3.05) is 20.3 Å². The molecule has 0 spiro atoms. The number of hydrogen-bond donors (Lipinski definition) is 1. The van der Waals surface area contributed by atoms with Crippen molar-refractivity contribution in [1.82, 2.24) is 5.32 Å². The lowest BCUT2D eigenvalue weighted by atomic mass is 9.86. The quantitative estimate of drug-likeness (QED) is 0.116. The average Bonchev–Trinajstić information content (AvgIpc) is 3.15. The predicted molar refractivity (Wildman–Crippen MR) is 148 cm³/mol. The van der Waals surface area contributed by atoms with E-state index in [0.717, 1.165) is 30.9 Å². The summed E-state index contributed by atoms with van der Waals surface area (Å²) in [5.74, 6) is -0.649. The monoisotopic (exact) mass is 547 g/mol. The highest BCUT2D eigenvalue weighted by atomic mass is 28.3. The number of carbonyl (C=O) groups excluding carboxylic acids is 3. The number of allylic oxidation sites excluding steroid dienone is 2. The molecular formula is C29H42FNO6Si. The molecule has 210 valence electrons. The number of benzene rings is 1. The molecule has 0 bridgehead atoms. The lowest BCUT2D eigenvalue weighted by Crippen LogP contribution is -2.48. The molecule has 1 aliphatic rings. The molecule has 1 aliphatic carbocycles. The summed E-state index contributed by atoms with van der Waals surface area (Å²) in [4.78, 5) is 36.8. The van der Waals surface area contributed by atoms with E-state index in [2.05, 4.69) is 29.7 Å². The number of rotatable bonds is 16. The minimum Gasteiger partial charge on any atom is -0.469 e. The second kappa shape index (κ2) is 15.6. The van der Waals surface area contributed by atoms with Crippen LogP contribution in [0.5, 0.6) is 0 Å². The third-order valence-electron chi connectivity index (χ3n) is 6.38. The van der Waals surface area contributed by atoms with Crippen LogP contribution < -0.4 is 5.32 Å². The number of esters is 1. The third kappa shape index (κ3) is 11.3. The maximum atomic E-state index is 13.1. The molecule has 0 aliphatic heterocycles. The Morgan fingerprint density at radius 3 is 2.47 bits per heavy atom. The topological polar surface area (TPSA) is 90.9 Å². The van der Waals surface area contributed by atoms with Gasteiger partial charge in [0.2, 0.25) is 0 Å². The molecule has 1 amide bonds. The lowest BCUT2D eigenvalue weighted by Gasteiger charge is -2.30. The van der Waals surface area contributed by atoms with Gasteiger partial charge in [-0.2, -0.15) is 0 Å². The van der Waals surface area contributed by atoms with Crippen molar-refractivity contribution in [3.8, 4) is 0 Å². The van der Waals surface area contributed by atoms with Crippen LogP contribution in [0.15, 0.2) is 48.1 Å². The van der Waals surface area contributed by atoms with E-state index in [0.29, 0.717) is 51.1 Å². The van der Waals surface area contributed by atoms with Crippen LogP contribution in [0.2, 0.25) is 25.7 Å².